The molecular formula is C15H12BrNOS. The van der Waals surface area contributed by atoms with Gasteiger partial charge < -0.3 is 0 Å². The van der Waals surface area contributed by atoms with E-state index in [0.717, 1.165) is 26.2 Å². The Morgan fingerprint density at radius 3 is 2.53 bits per heavy atom. The van der Waals surface area contributed by atoms with E-state index in [4.69, 9.17) is 0 Å². The first-order valence-electron chi connectivity index (χ1n) is 5.86. The minimum atomic E-state index is -2.41. The summed E-state index contributed by atoms with van der Waals surface area (Å²) in [6.45, 7) is 0. The van der Waals surface area contributed by atoms with Gasteiger partial charge in [-0.15, -0.1) is 0 Å². The Labute approximate surface area is 121 Å². The molecule has 0 aromatic heterocycles. The largest absolute Gasteiger partial charge is 0.245 e. The molecule has 4 heteroatoms. The summed E-state index contributed by atoms with van der Waals surface area (Å²) in [5.41, 5.74) is 2.73. The van der Waals surface area contributed by atoms with Crippen molar-refractivity contribution >= 4 is 37.4 Å². The molecule has 0 saturated heterocycles. The van der Waals surface area contributed by atoms with Gasteiger partial charge >= 0.3 is 0 Å². The maximum Gasteiger partial charge on any atom is 0.0812 e. The molecule has 3 rings (SSSR count). The minimum Gasteiger partial charge on any atom is -0.245 e. The van der Waals surface area contributed by atoms with E-state index in [1.807, 2.05) is 54.6 Å². The van der Waals surface area contributed by atoms with E-state index in [9.17, 15) is 4.21 Å². The molecule has 1 aliphatic rings. The van der Waals surface area contributed by atoms with Crippen molar-refractivity contribution in [3.63, 3.8) is 0 Å². The van der Waals surface area contributed by atoms with Crippen molar-refractivity contribution < 1.29 is 4.21 Å². The zero-order chi connectivity index (χ0) is 13.5. The predicted molar refractivity (Wildman–Crippen MR) is 83.2 cm³/mol. The molecule has 96 valence electrons. The zero-order valence-electron chi connectivity index (χ0n) is 10.3. The first-order chi connectivity index (χ1) is 9.08. The van der Waals surface area contributed by atoms with Gasteiger partial charge in [-0.05, 0) is 33.6 Å². The van der Waals surface area contributed by atoms with Crippen LogP contribution in [0.4, 0.5) is 0 Å². The maximum absolute atomic E-state index is 12.8. The topological polar surface area (TPSA) is 29.4 Å². The average Bonchev–Trinajstić information content (AvgIpc) is 2.38. The number of fused-ring (bicyclic) bond motifs is 1. The first-order valence-corrected chi connectivity index (χ1v) is 8.57. The average molecular weight is 334 g/mol. The molecule has 0 aliphatic carbocycles. The Balaban J connectivity index is 2.29. The summed E-state index contributed by atoms with van der Waals surface area (Å²) in [6, 6.07) is 15.7. The lowest BCUT2D eigenvalue weighted by molar-refractivity contribution is 0.680. The number of rotatable bonds is 1. The summed E-state index contributed by atoms with van der Waals surface area (Å²) < 4.78 is 18.1. The fraction of sp³-hybridized carbons (Fsp3) is 0.0667. The van der Waals surface area contributed by atoms with Crippen LogP contribution in [0.3, 0.4) is 0 Å². The fourth-order valence-corrected chi connectivity index (χ4v) is 5.09. The highest BCUT2D eigenvalue weighted by molar-refractivity contribution is 9.10. The third-order valence-electron chi connectivity index (χ3n) is 3.01. The number of benzene rings is 2. The van der Waals surface area contributed by atoms with Gasteiger partial charge in [0.05, 0.1) is 20.3 Å². The van der Waals surface area contributed by atoms with E-state index in [1.165, 1.54) is 0 Å². The minimum absolute atomic E-state index is 0.777. The first kappa shape index (κ1) is 12.6. The van der Waals surface area contributed by atoms with Gasteiger partial charge in [0.2, 0.25) is 0 Å². The zero-order valence-corrected chi connectivity index (χ0v) is 12.7. The van der Waals surface area contributed by atoms with Crippen LogP contribution in [0.2, 0.25) is 0 Å². The van der Waals surface area contributed by atoms with Gasteiger partial charge in [-0.3, -0.25) is 0 Å². The van der Waals surface area contributed by atoms with Crippen LogP contribution in [0.5, 0.6) is 0 Å². The van der Waals surface area contributed by atoms with Gasteiger partial charge in [0.25, 0.3) is 0 Å². The number of hydrogen-bond acceptors (Lipinski definition) is 2. The van der Waals surface area contributed by atoms with Crippen molar-refractivity contribution in [1.82, 2.24) is 0 Å². The van der Waals surface area contributed by atoms with Crippen molar-refractivity contribution in [3.05, 3.63) is 64.1 Å². The van der Waals surface area contributed by atoms with Crippen LogP contribution in [-0.2, 0) is 9.73 Å². The molecule has 1 unspecified atom stereocenters. The number of nitrogens with zero attached hydrogens (tertiary/aromatic N) is 1. The Morgan fingerprint density at radius 1 is 1.05 bits per heavy atom. The molecule has 2 aromatic rings. The van der Waals surface area contributed by atoms with Gasteiger partial charge in [0.15, 0.2) is 0 Å². The van der Waals surface area contributed by atoms with E-state index in [0.29, 0.717) is 0 Å². The lowest BCUT2D eigenvalue weighted by Crippen LogP contribution is -2.06. The lowest BCUT2D eigenvalue weighted by Gasteiger charge is -2.17. The molecule has 1 atom stereocenters. The second-order valence-corrected chi connectivity index (χ2v) is 7.50. The molecule has 2 aromatic carbocycles. The van der Waals surface area contributed by atoms with E-state index in [1.54, 1.807) is 6.26 Å². The highest BCUT2D eigenvalue weighted by atomic mass is 79.9. The van der Waals surface area contributed by atoms with E-state index in [-0.39, 0.29) is 0 Å². The van der Waals surface area contributed by atoms with E-state index < -0.39 is 9.73 Å². The van der Waals surface area contributed by atoms with Crippen LogP contribution in [0, 0.1) is 0 Å². The summed E-state index contributed by atoms with van der Waals surface area (Å²) >= 11 is 3.47. The Hall–Kier alpha value is -1.39. The second kappa shape index (κ2) is 4.62. The van der Waals surface area contributed by atoms with Crippen molar-refractivity contribution in [1.29, 1.82) is 0 Å². The third kappa shape index (κ3) is 2.26. The van der Waals surface area contributed by atoms with Crippen molar-refractivity contribution in [2.45, 2.75) is 4.90 Å². The van der Waals surface area contributed by atoms with Crippen LogP contribution in [0.25, 0.3) is 11.8 Å². The van der Waals surface area contributed by atoms with Crippen molar-refractivity contribution in [3.8, 4) is 0 Å². The molecule has 1 heterocycles. The summed E-state index contributed by atoms with van der Waals surface area (Å²) in [4.78, 5) is 0.787. The molecule has 0 fully saturated rings. The maximum atomic E-state index is 12.8. The summed E-state index contributed by atoms with van der Waals surface area (Å²) in [5, 5.41) is 0. The normalized spacial score (nSPS) is 21.3. The number of halogens is 1. The van der Waals surface area contributed by atoms with Gasteiger partial charge in [-0.2, -0.15) is 4.36 Å². The molecule has 0 bridgehead atoms. The summed E-state index contributed by atoms with van der Waals surface area (Å²) in [5.74, 6) is 0. The van der Waals surface area contributed by atoms with Crippen molar-refractivity contribution in [2.24, 2.45) is 4.36 Å². The Morgan fingerprint density at radius 2 is 1.79 bits per heavy atom. The molecule has 0 N–H and O–H groups in total. The number of hydrogen-bond donors (Lipinski definition) is 0. The van der Waals surface area contributed by atoms with Gasteiger partial charge in [0, 0.05) is 16.3 Å². The molecule has 19 heavy (non-hydrogen) atoms. The quantitative estimate of drug-likeness (QED) is 0.759. The SMILES string of the molecule is CS1(=O)=NC(c2ccccc2)=Cc2cccc(Br)c21. The smallest absolute Gasteiger partial charge is 0.0812 e. The monoisotopic (exact) mass is 333 g/mol. The lowest BCUT2D eigenvalue weighted by atomic mass is 10.1. The molecule has 2 nitrogen and oxygen atoms in total. The highest BCUT2D eigenvalue weighted by Crippen LogP contribution is 2.35. The van der Waals surface area contributed by atoms with E-state index in [2.05, 4.69) is 20.3 Å². The summed E-state index contributed by atoms with van der Waals surface area (Å²) in [7, 11) is -2.41. The third-order valence-corrected chi connectivity index (χ3v) is 5.69. The van der Waals surface area contributed by atoms with Crippen LogP contribution in [0.15, 0.2) is 62.3 Å². The van der Waals surface area contributed by atoms with Crippen molar-refractivity contribution in [2.75, 3.05) is 6.26 Å². The fourth-order valence-electron chi connectivity index (χ4n) is 2.19. The van der Waals surface area contributed by atoms with Crippen LogP contribution in [-0.4, -0.2) is 10.5 Å². The second-order valence-electron chi connectivity index (χ2n) is 4.45. The van der Waals surface area contributed by atoms with Crippen LogP contribution < -0.4 is 0 Å². The van der Waals surface area contributed by atoms with Gasteiger partial charge in [0.1, 0.15) is 0 Å². The van der Waals surface area contributed by atoms with Crippen LogP contribution >= 0.6 is 15.9 Å². The molecule has 0 radical (unpaired) electrons. The Kier molecular flexibility index (Phi) is 3.07. The van der Waals surface area contributed by atoms with Crippen LogP contribution in [0.1, 0.15) is 11.1 Å². The highest BCUT2D eigenvalue weighted by Gasteiger charge is 2.20. The molecule has 0 amide bonds. The van der Waals surface area contributed by atoms with Gasteiger partial charge in [-0.25, -0.2) is 4.21 Å². The standard InChI is InChI=1S/C15H12BrNOS/c1-19(18)15-12(8-5-9-13(15)16)10-14(17-19)11-6-3-2-4-7-11/h2-10H,1H3. The molecule has 0 spiro atoms. The van der Waals surface area contributed by atoms with Gasteiger partial charge in [-0.1, -0.05) is 42.5 Å². The predicted octanol–water partition coefficient (Wildman–Crippen LogP) is 4.42. The molecule has 0 saturated carbocycles. The molecular weight excluding hydrogens is 322 g/mol. The molecule has 1 aliphatic heterocycles. The Bertz CT molecular complexity index is 787. The van der Waals surface area contributed by atoms with E-state index >= 15 is 0 Å². The summed E-state index contributed by atoms with van der Waals surface area (Å²) in [6.07, 6.45) is 3.68.